The average molecular weight is 153 g/mol. The van der Waals surface area contributed by atoms with Crippen molar-refractivity contribution >= 4 is 0 Å². The van der Waals surface area contributed by atoms with Crippen LogP contribution in [0.5, 0.6) is 0 Å². The summed E-state index contributed by atoms with van der Waals surface area (Å²) in [7, 11) is 0. The van der Waals surface area contributed by atoms with Crippen molar-refractivity contribution in [3.8, 4) is 0 Å². The molecule has 0 saturated carbocycles. The van der Waals surface area contributed by atoms with Gasteiger partial charge in [0, 0.05) is 12.1 Å². The molecule has 0 aromatic rings. The van der Waals surface area contributed by atoms with E-state index in [1.54, 1.807) is 0 Å². The molecule has 0 radical (unpaired) electrons. The number of hydrogen-bond donors (Lipinski definition) is 0. The fourth-order valence-electron chi connectivity index (χ4n) is 1.69. The lowest BCUT2D eigenvalue weighted by molar-refractivity contribution is 0.144. The van der Waals surface area contributed by atoms with Crippen LogP contribution in [0.25, 0.3) is 0 Å². The molecule has 0 aromatic heterocycles. The molecule has 1 nitrogen and oxygen atoms in total. The van der Waals surface area contributed by atoms with Gasteiger partial charge in [0.1, 0.15) is 0 Å². The van der Waals surface area contributed by atoms with Gasteiger partial charge >= 0.3 is 0 Å². The van der Waals surface area contributed by atoms with E-state index >= 15 is 0 Å². The maximum atomic E-state index is 2.51. The molecule has 1 aliphatic rings. The van der Waals surface area contributed by atoms with Crippen molar-refractivity contribution < 1.29 is 0 Å². The number of nitrogens with zero attached hydrogens (tertiary/aromatic N) is 1. The van der Waals surface area contributed by atoms with Crippen molar-refractivity contribution in [2.75, 3.05) is 13.1 Å². The molecule has 0 unspecified atom stereocenters. The van der Waals surface area contributed by atoms with E-state index in [-0.39, 0.29) is 5.54 Å². The zero-order valence-corrected chi connectivity index (χ0v) is 8.09. The fraction of sp³-hybridized carbons (Fsp3) is 0.800. The molecule has 1 aliphatic heterocycles. The second-order valence-electron chi connectivity index (χ2n) is 4.03. The van der Waals surface area contributed by atoms with Gasteiger partial charge in [-0.05, 0) is 26.3 Å². The van der Waals surface area contributed by atoms with Crippen molar-refractivity contribution in [3.63, 3.8) is 0 Å². The molecule has 0 spiro atoms. The summed E-state index contributed by atoms with van der Waals surface area (Å²) in [6.45, 7) is 11.4. The lowest BCUT2D eigenvalue weighted by Gasteiger charge is -2.40. The molecule has 0 N–H and O–H groups in total. The predicted octanol–water partition coefficient (Wildman–Crippen LogP) is 2.29. The predicted molar refractivity (Wildman–Crippen MR) is 49.6 cm³/mol. The highest BCUT2D eigenvalue weighted by atomic mass is 15.2. The van der Waals surface area contributed by atoms with Gasteiger partial charge in [-0.25, -0.2) is 0 Å². The van der Waals surface area contributed by atoms with Gasteiger partial charge in [0.15, 0.2) is 0 Å². The van der Waals surface area contributed by atoms with Crippen LogP contribution in [0, 0.1) is 5.92 Å². The van der Waals surface area contributed by atoms with Crippen molar-refractivity contribution in [3.05, 3.63) is 12.2 Å². The van der Waals surface area contributed by atoms with Crippen LogP contribution in [-0.2, 0) is 0 Å². The Hall–Kier alpha value is -0.300. The lowest BCUT2D eigenvalue weighted by atomic mass is 9.93. The smallest absolute Gasteiger partial charge is 0.0335 e. The first kappa shape index (κ1) is 8.79. The summed E-state index contributed by atoms with van der Waals surface area (Å²) in [6, 6.07) is 0. The Labute approximate surface area is 70.1 Å². The summed E-state index contributed by atoms with van der Waals surface area (Å²) >= 11 is 0. The minimum Gasteiger partial charge on any atom is -0.294 e. The first-order valence-electron chi connectivity index (χ1n) is 4.50. The molecule has 1 heteroatoms. The molecule has 1 atom stereocenters. The minimum atomic E-state index is 0.279. The van der Waals surface area contributed by atoms with E-state index in [4.69, 9.17) is 0 Å². The summed E-state index contributed by atoms with van der Waals surface area (Å²) in [5, 5.41) is 0. The molecule has 64 valence electrons. The molecule has 1 heterocycles. The molecule has 1 rings (SSSR count). The molecule has 11 heavy (non-hydrogen) atoms. The molecule has 0 fully saturated rings. The molecule has 0 saturated heterocycles. The Balaban J connectivity index is 2.72. The Morgan fingerprint density at radius 3 is 2.64 bits per heavy atom. The quantitative estimate of drug-likeness (QED) is 0.522. The van der Waals surface area contributed by atoms with E-state index < -0.39 is 0 Å². The van der Waals surface area contributed by atoms with Gasteiger partial charge < -0.3 is 0 Å². The summed E-state index contributed by atoms with van der Waals surface area (Å²) in [5.74, 6) is 0.725. The first-order chi connectivity index (χ1) is 5.06. The first-order valence-corrected chi connectivity index (χ1v) is 4.50. The normalized spacial score (nSPS) is 30.7. The fourth-order valence-corrected chi connectivity index (χ4v) is 1.69. The van der Waals surface area contributed by atoms with Crippen molar-refractivity contribution in [1.82, 2.24) is 4.90 Å². The third-order valence-corrected chi connectivity index (χ3v) is 2.54. The monoisotopic (exact) mass is 153 g/mol. The lowest BCUT2D eigenvalue weighted by Crippen LogP contribution is -2.46. The molecule has 0 aliphatic carbocycles. The number of likely N-dealkylation sites (N-methyl/N-ethyl adjacent to an activating group) is 1. The Morgan fingerprint density at radius 2 is 2.18 bits per heavy atom. The van der Waals surface area contributed by atoms with Gasteiger partial charge in [0.25, 0.3) is 0 Å². The van der Waals surface area contributed by atoms with Crippen LogP contribution in [0.15, 0.2) is 12.2 Å². The number of rotatable bonds is 1. The minimum absolute atomic E-state index is 0.279. The van der Waals surface area contributed by atoms with E-state index in [0.29, 0.717) is 0 Å². The van der Waals surface area contributed by atoms with Crippen LogP contribution in [0.1, 0.15) is 27.7 Å². The highest BCUT2D eigenvalue weighted by molar-refractivity contribution is 5.08. The van der Waals surface area contributed by atoms with Gasteiger partial charge in [-0.3, -0.25) is 4.90 Å². The van der Waals surface area contributed by atoms with E-state index in [0.717, 1.165) is 12.5 Å². The Kier molecular flexibility index (Phi) is 2.38. The zero-order valence-electron chi connectivity index (χ0n) is 8.09. The van der Waals surface area contributed by atoms with Crippen LogP contribution in [0.4, 0.5) is 0 Å². The van der Waals surface area contributed by atoms with Crippen LogP contribution >= 0.6 is 0 Å². The summed E-state index contributed by atoms with van der Waals surface area (Å²) < 4.78 is 0. The summed E-state index contributed by atoms with van der Waals surface area (Å²) in [5.41, 5.74) is 0.279. The molecular weight excluding hydrogens is 134 g/mol. The second kappa shape index (κ2) is 2.98. The van der Waals surface area contributed by atoms with Gasteiger partial charge in [-0.1, -0.05) is 26.0 Å². The standard InChI is InChI=1S/C10H19N/c1-5-11-8-9(2)6-7-10(11,3)4/h6-7,9H,5,8H2,1-4H3/t9-/m1/s1. The highest BCUT2D eigenvalue weighted by Crippen LogP contribution is 2.23. The zero-order chi connectivity index (χ0) is 8.48. The van der Waals surface area contributed by atoms with Gasteiger partial charge in [0.05, 0.1) is 0 Å². The van der Waals surface area contributed by atoms with Crippen molar-refractivity contribution in [2.24, 2.45) is 5.92 Å². The molecule has 0 aromatic carbocycles. The van der Waals surface area contributed by atoms with Crippen LogP contribution < -0.4 is 0 Å². The van der Waals surface area contributed by atoms with E-state index in [1.165, 1.54) is 6.54 Å². The molecule has 0 bridgehead atoms. The van der Waals surface area contributed by atoms with Gasteiger partial charge in [0.2, 0.25) is 0 Å². The Bertz CT molecular complexity index is 158. The van der Waals surface area contributed by atoms with E-state index in [2.05, 4.69) is 44.7 Å². The third kappa shape index (κ3) is 1.84. The van der Waals surface area contributed by atoms with E-state index in [1.807, 2.05) is 0 Å². The summed E-state index contributed by atoms with van der Waals surface area (Å²) in [4.78, 5) is 2.51. The van der Waals surface area contributed by atoms with Crippen LogP contribution in [0.2, 0.25) is 0 Å². The Morgan fingerprint density at radius 1 is 1.55 bits per heavy atom. The van der Waals surface area contributed by atoms with E-state index in [9.17, 15) is 0 Å². The van der Waals surface area contributed by atoms with Crippen LogP contribution in [0.3, 0.4) is 0 Å². The maximum Gasteiger partial charge on any atom is 0.0335 e. The van der Waals surface area contributed by atoms with Crippen molar-refractivity contribution in [1.29, 1.82) is 0 Å². The number of hydrogen-bond acceptors (Lipinski definition) is 1. The highest BCUT2D eigenvalue weighted by Gasteiger charge is 2.26. The SMILES string of the molecule is CCN1C[C@H](C)C=CC1(C)C. The molecule has 0 amide bonds. The topological polar surface area (TPSA) is 3.24 Å². The molecular formula is C10H19N. The maximum absolute atomic E-state index is 2.51. The largest absolute Gasteiger partial charge is 0.294 e. The third-order valence-electron chi connectivity index (χ3n) is 2.54. The van der Waals surface area contributed by atoms with Gasteiger partial charge in [-0.15, -0.1) is 0 Å². The van der Waals surface area contributed by atoms with Gasteiger partial charge in [-0.2, -0.15) is 0 Å². The van der Waals surface area contributed by atoms with Crippen LogP contribution in [-0.4, -0.2) is 23.5 Å². The summed E-state index contributed by atoms with van der Waals surface area (Å²) in [6.07, 6.45) is 4.65. The average Bonchev–Trinajstić information content (AvgIpc) is 1.94. The van der Waals surface area contributed by atoms with Crippen molar-refractivity contribution in [2.45, 2.75) is 33.2 Å². The second-order valence-corrected chi connectivity index (χ2v) is 4.03.